The highest BCUT2D eigenvalue weighted by Crippen LogP contribution is 2.40. The molecule has 0 radical (unpaired) electrons. The molecule has 206 valence electrons. The van der Waals surface area contributed by atoms with E-state index in [4.69, 9.17) is 11.6 Å². The molecule has 1 fully saturated rings. The lowest BCUT2D eigenvalue weighted by molar-refractivity contribution is -0.138. The summed E-state index contributed by atoms with van der Waals surface area (Å²) in [4.78, 5) is 8.87. The number of alkyl halides is 4. The number of hydrogen-bond donors (Lipinski definition) is 1. The second-order valence-electron chi connectivity index (χ2n) is 9.59. The van der Waals surface area contributed by atoms with Crippen LogP contribution in [0.5, 0.6) is 5.88 Å². The minimum Gasteiger partial charge on any atom is -0.492 e. The van der Waals surface area contributed by atoms with Crippen LogP contribution in [0.15, 0.2) is 46.6 Å². The van der Waals surface area contributed by atoms with Gasteiger partial charge in [-0.25, -0.2) is 4.39 Å². The van der Waals surface area contributed by atoms with E-state index in [9.17, 15) is 22.7 Å². The maximum absolute atomic E-state index is 13.9. The van der Waals surface area contributed by atoms with Gasteiger partial charge in [0.25, 0.3) is 0 Å². The molecule has 0 amide bonds. The number of hydrogen-bond acceptors (Lipinski definition) is 7. The first kappa shape index (κ1) is 27.5. The first-order valence-corrected chi connectivity index (χ1v) is 13.6. The third-order valence-corrected chi connectivity index (χ3v) is 8.59. The second-order valence-corrected chi connectivity index (χ2v) is 11.0. The van der Waals surface area contributed by atoms with Crippen molar-refractivity contribution >= 4 is 39.9 Å². The summed E-state index contributed by atoms with van der Waals surface area (Å²) in [5.74, 6) is -0.243. The molecule has 0 atom stereocenters. The zero-order valence-corrected chi connectivity index (χ0v) is 22.6. The molecule has 0 bridgehead atoms. The summed E-state index contributed by atoms with van der Waals surface area (Å²) < 4.78 is 54.6. The first-order chi connectivity index (χ1) is 18.6. The van der Waals surface area contributed by atoms with E-state index in [1.807, 2.05) is 11.9 Å². The third kappa shape index (κ3) is 5.95. The summed E-state index contributed by atoms with van der Waals surface area (Å²) in [6.07, 6.45) is -1.50. The second kappa shape index (κ2) is 11.2. The van der Waals surface area contributed by atoms with Crippen LogP contribution in [0.1, 0.15) is 34.4 Å². The van der Waals surface area contributed by atoms with Crippen LogP contribution >= 0.6 is 22.9 Å². The van der Waals surface area contributed by atoms with Crippen LogP contribution in [0, 0.1) is 0 Å². The molecule has 3 heterocycles. The molecule has 2 aliphatic heterocycles. The molecule has 1 aromatic heterocycles. The van der Waals surface area contributed by atoms with E-state index in [1.165, 1.54) is 23.5 Å². The van der Waals surface area contributed by atoms with Gasteiger partial charge in [-0.05, 0) is 53.5 Å². The number of nitrogens with zero attached hydrogens (tertiary/aromatic N) is 5. The van der Waals surface area contributed by atoms with Gasteiger partial charge in [-0.2, -0.15) is 28.4 Å². The maximum Gasteiger partial charge on any atom is 0.416 e. The zero-order valence-electron chi connectivity index (χ0n) is 21.0. The highest BCUT2D eigenvalue weighted by molar-refractivity contribution is 7.17. The topological polar surface area (TPSA) is 64.3 Å². The van der Waals surface area contributed by atoms with Crippen LogP contribution in [0.25, 0.3) is 5.57 Å². The van der Waals surface area contributed by atoms with Crippen molar-refractivity contribution in [2.45, 2.75) is 31.5 Å². The van der Waals surface area contributed by atoms with E-state index < -0.39 is 11.7 Å². The number of halogens is 5. The van der Waals surface area contributed by atoms with E-state index in [1.54, 1.807) is 24.4 Å². The van der Waals surface area contributed by atoms with E-state index >= 15 is 0 Å². The standard InChI is InChI=1S/C27H26ClF4N5OS/c1-36(20-6-9-37(10-7-20)11-8-29)26-34-25(38)24(39-26)21(16-3-5-23-18(12-16)15-33-35-23)13-17-2-4-19(28)14-22(17)27(30,31)32/h2-5,12,14-15,20,38H,6-11,13H2,1H3. The number of benzene rings is 2. The molecule has 2 aromatic carbocycles. The molecule has 1 N–H and O–H groups in total. The van der Waals surface area contributed by atoms with Crippen molar-refractivity contribution in [2.75, 3.05) is 38.3 Å². The lowest BCUT2D eigenvalue weighted by atomic mass is 9.96. The number of aromatic hydroxyl groups is 1. The molecule has 0 aliphatic carbocycles. The van der Waals surface area contributed by atoms with Gasteiger partial charge in [0, 0.05) is 49.7 Å². The zero-order chi connectivity index (χ0) is 27.7. The van der Waals surface area contributed by atoms with Crippen molar-refractivity contribution in [3.63, 3.8) is 0 Å². The Balaban J connectivity index is 1.55. The maximum atomic E-state index is 13.9. The summed E-state index contributed by atoms with van der Waals surface area (Å²) in [6, 6.07) is 9.18. The van der Waals surface area contributed by atoms with Crippen molar-refractivity contribution < 1.29 is 22.7 Å². The lowest BCUT2D eigenvalue weighted by Gasteiger charge is -2.36. The molecule has 5 rings (SSSR count). The number of aromatic nitrogens is 1. The molecule has 2 aliphatic rings. The molecule has 1 saturated heterocycles. The minimum absolute atomic E-state index is 0.00918. The number of thiazole rings is 1. The smallest absolute Gasteiger partial charge is 0.416 e. The highest BCUT2D eigenvalue weighted by Gasteiger charge is 2.34. The van der Waals surface area contributed by atoms with Gasteiger partial charge in [0.15, 0.2) is 5.13 Å². The van der Waals surface area contributed by atoms with Gasteiger partial charge in [-0.3, -0.25) is 0 Å². The first-order valence-electron chi connectivity index (χ1n) is 12.5. The Morgan fingerprint density at radius 2 is 1.95 bits per heavy atom. The van der Waals surface area contributed by atoms with Crippen molar-refractivity contribution in [1.29, 1.82) is 0 Å². The quantitative estimate of drug-likeness (QED) is 0.409. The Bertz CT molecular complexity index is 1520. The summed E-state index contributed by atoms with van der Waals surface area (Å²) in [6.45, 7) is 1.56. The minimum atomic E-state index is -4.60. The number of likely N-dealkylation sites (tertiary alicyclic amines) is 1. The Labute approximate surface area is 231 Å². The van der Waals surface area contributed by atoms with Crippen molar-refractivity contribution in [2.24, 2.45) is 10.2 Å². The van der Waals surface area contributed by atoms with Gasteiger partial charge in [-0.1, -0.05) is 35.1 Å². The SMILES string of the molecule is CN(c1nc(O)c(C(Cc2ccc(Cl)cc2C(F)(F)F)=c2ccc3c(c2)C=NN=3)s1)C1CCN(CCF)CC1. The fraction of sp³-hybridized carbons (Fsp3) is 0.370. The highest BCUT2D eigenvalue weighted by atomic mass is 35.5. The fourth-order valence-corrected chi connectivity index (χ4v) is 6.25. The van der Waals surface area contributed by atoms with Crippen molar-refractivity contribution in [1.82, 2.24) is 9.88 Å². The summed E-state index contributed by atoms with van der Waals surface area (Å²) in [5, 5.41) is 20.8. The van der Waals surface area contributed by atoms with Crippen LogP contribution in [0.3, 0.4) is 0 Å². The van der Waals surface area contributed by atoms with E-state index in [0.29, 0.717) is 32.7 Å². The van der Waals surface area contributed by atoms with Crippen LogP contribution in [0.4, 0.5) is 22.7 Å². The van der Waals surface area contributed by atoms with Crippen LogP contribution in [-0.2, 0) is 12.6 Å². The molecule has 3 aromatic rings. The van der Waals surface area contributed by atoms with Crippen molar-refractivity contribution in [3.05, 3.63) is 73.6 Å². The summed E-state index contributed by atoms with van der Waals surface area (Å²) in [7, 11) is 1.89. The molecule has 0 spiro atoms. The Kier molecular flexibility index (Phi) is 7.93. The molecule has 6 nitrogen and oxygen atoms in total. The Morgan fingerprint density at radius 1 is 1.18 bits per heavy atom. The van der Waals surface area contributed by atoms with Gasteiger partial charge in [-0.15, -0.1) is 0 Å². The Hall–Kier alpha value is -3.02. The molecule has 12 heteroatoms. The molecule has 0 saturated carbocycles. The predicted octanol–water partition coefficient (Wildman–Crippen LogP) is 4.80. The van der Waals surface area contributed by atoms with E-state index in [-0.39, 0.29) is 35.6 Å². The van der Waals surface area contributed by atoms with Crippen LogP contribution in [-0.4, -0.2) is 60.6 Å². The van der Waals surface area contributed by atoms with E-state index in [2.05, 4.69) is 20.1 Å². The number of rotatable bonds is 7. The molecular formula is C27H26ClF4N5OS. The van der Waals surface area contributed by atoms with Crippen LogP contribution in [0.2, 0.25) is 5.02 Å². The Morgan fingerprint density at radius 3 is 2.67 bits per heavy atom. The largest absolute Gasteiger partial charge is 0.492 e. The van der Waals surface area contributed by atoms with Gasteiger partial charge < -0.3 is 14.9 Å². The molecular weight excluding hydrogens is 554 g/mol. The van der Waals surface area contributed by atoms with Gasteiger partial charge in [0.05, 0.1) is 22.0 Å². The molecule has 39 heavy (non-hydrogen) atoms. The summed E-state index contributed by atoms with van der Waals surface area (Å²) in [5.41, 5.74) is 0.437. The van der Waals surface area contributed by atoms with Gasteiger partial charge in [0.1, 0.15) is 6.67 Å². The average molecular weight is 580 g/mol. The predicted molar refractivity (Wildman–Crippen MR) is 145 cm³/mol. The number of anilines is 1. The third-order valence-electron chi connectivity index (χ3n) is 7.16. The van der Waals surface area contributed by atoms with Crippen LogP contribution < -0.4 is 15.5 Å². The molecule has 0 unspecified atom stereocenters. The van der Waals surface area contributed by atoms with Crippen molar-refractivity contribution in [3.8, 4) is 5.88 Å². The normalized spacial score (nSPS) is 16.8. The average Bonchev–Trinajstić information content (AvgIpc) is 3.53. The lowest BCUT2D eigenvalue weighted by Crippen LogP contribution is -2.44. The summed E-state index contributed by atoms with van der Waals surface area (Å²) >= 11 is 7.15. The number of fused-ring (bicyclic) bond motifs is 1. The monoisotopic (exact) mass is 579 g/mol. The van der Waals surface area contributed by atoms with E-state index in [0.717, 1.165) is 37.6 Å². The number of piperidine rings is 1. The van der Waals surface area contributed by atoms with Gasteiger partial charge >= 0.3 is 6.18 Å². The fourth-order valence-electron chi connectivity index (χ4n) is 5.02. The van der Waals surface area contributed by atoms with Gasteiger partial charge in [0.2, 0.25) is 5.88 Å².